The van der Waals surface area contributed by atoms with E-state index in [0.29, 0.717) is 29.4 Å². The first-order valence-corrected chi connectivity index (χ1v) is 11.2. The monoisotopic (exact) mass is 444 g/mol. The number of phenols is 1. The van der Waals surface area contributed by atoms with Gasteiger partial charge in [0.1, 0.15) is 0 Å². The van der Waals surface area contributed by atoms with Gasteiger partial charge in [0, 0.05) is 29.2 Å². The van der Waals surface area contributed by atoms with E-state index in [2.05, 4.69) is 10.2 Å². The van der Waals surface area contributed by atoms with E-state index in [1.54, 1.807) is 30.3 Å². The molecule has 3 N–H and O–H groups in total. The SMILES string of the molecule is COc1cc([C@H]2[C@@H]3CCCC[C@]3(O)CCN2CC(=O)Nc2ccc(Cl)cc2)ccc1O. The van der Waals surface area contributed by atoms with Gasteiger partial charge in [-0.25, -0.2) is 0 Å². The van der Waals surface area contributed by atoms with Crippen LogP contribution in [0.15, 0.2) is 42.5 Å². The molecule has 2 aromatic carbocycles. The number of carbonyl (C=O) groups excluding carboxylic acids is 1. The molecular weight excluding hydrogens is 416 g/mol. The fraction of sp³-hybridized carbons (Fsp3) is 0.458. The Morgan fingerprint density at radius 3 is 2.74 bits per heavy atom. The number of amides is 1. The molecule has 7 heteroatoms. The van der Waals surface area contributed by atoms with Crippen LogP contribution in [0.3, 0.4) is 0 Å². The number of ether oxygens (including phenoxy) is 1. The maximum atomic E-state index is 12.8. The van der Waals surface area contributed by atoms with Crippen molar-refractivity contribution in [2.45, 2.75) is 43.7 Å². The van der Waals surface area contributed by atoms with Crippen LogP contribution in [0, 0.1) is 5.92 Å². The molecule has 1 saturated carbocycles. The number of carbonyl (C=O) groups is 1. The van der Waals surface area contributed by atoms with Gasteiger partial charge in [0.15, 0.2) is 11.5 Å². The van der Waals surface area contributed by atoms with Crippen molar-refractivity contribution in [2.75, 3.05) is 25.5 Å². The molecule has 2 fully saturated rings. The molecule has 1 amide bonds. The maximum Gasteiger partial charge on any atom is 0.238 e. The van der Waals surface area contributed by atoms with Crippen LogP contribution in [0.25, 0.3) is 0 Å². The van der Waals surface area contributed by atoms with Crippen LogP contribution in [0.1, 0.15) is 43.7 Å². The average Bonchev–Trinajstić information content (AvgIpc) is 2.76. The largest absolute Gasteiger partial charge is 0.504 e. The number of nitrogens with one attached hydrogen (secondary N) is 1. The Kier molecular flexibility index (Phi) is 6.42. The standard InChI is InChI=1S/C24H29ClN2O4/c1-31-21-14-16(5-10-20(21)28)23-19-4-2-3-11-24(19,30)12-13-27(23)15-22(29)26-18-8-6-17(25)7-9-18/h5-10,14,19,23,28,30H,2-4,11-13,15H2,1H3,(H,26,29)/t19-,23-,24-/m0/s1. The van der Waals surface area contributed by atoms with E-state index in [1.807, 2.05) is 12.1 Å². The van der Waals surface area contributed by atoms with Crippen molar-refractivity contribution in [3.63, 3.8) is 0 Å². The Labute approximate surface area is 187 Å². The molecule has 1 saturated heterocycles. The highest BCUT2D eigenvalue weighted by Gasteiger charge is 2.49. The number of likely N-dealkylation sites (tertiary alicyclic amines) is 1. The van der Waals surface area contributed by atoms with Gasteiger partial charge in [0.2, 0.25) is 5.91 Å². The third-order valence-corrected chi connectivity index (χ3v) is 6.94. The van der Waals surface area contributed by atoms with E-state index in [-0.39, 0.29) is 30.2 Å². The van der Waals surface area contributed by atoms with Gasteiger partial charge in [0.25, 0.3) is 0 Å². The number of rotatable bonds is 5. The summed E-state index contributed by atoms with van der Waals surface area (Å²) in [4.78, 5) is 15.0. The van der Waals surface area contributed by atoms with E-state index in [4.69, 9.17) is 16.3 Å². The number of phenolic OH excluding ortho intramolecular Hbond substituents is 1. The number of nitrogens with zero attached hydrogens (tertiary/aromatic N) is 1. The Bertz CT molecular complexity index is 936. The van der Waals surface area contributed by atoms with Gasteiger partial charge in [0.05, 0.1) is 19.3 Å². The van der Waals surface area contributed by atoms with Gasteiger partial charge < -0.3 is 20.3 Å². The Morgan fingerprint density at radius 1 is 1.23 bits per heavy atom. The highest BCUT2D eigenvalue weighted by molar-refractivity contribution is 6.30. The van der Waals surface area contributed by atoms with E-state index in [9.17, 15) is 15.0 Å². The lowest BCUT2D eigenvalue weighted by atomic mass is 9.66. The zero-order valence-electron chi connectivity index (χ0n) is 17.7. The highest BCUT2D eigenvalue weighted by atomic mass is 35.5. The van der Waals surface area contributed by atoms with Gasteiger partial charge in [-0.05, 0) is 61.2 Å². The minimum Gasteiger partial charge on any atom is -0.504 e. The van der Waals surface area contributed by atoms with Crippen LogP contribution in [0.5, 0.6) is 11.5 Å². The third kappa shape index (κ3) is 4.66. The Balaban J connectivity index is 1.60. The molecule has 2 aromatic rings. The van der Waals surface area contributed by atoms with Crippen LogP contribution in [-0.4, -0.2) is 46.8 Å². The quantitative estimate of drug-likeness (QED) is 0.638. The summed E-state index contributed by atoms with van der Waals surface area (Å²) in [7, 11) is 1.52. The molecule has 0 unspecified atom stereocenters. The van der Waals surface area contributed by atoms with Gasteiger partial charge in [-0.1, -0.05) is 30.5 Å². The number of benzene rings is 2. The van der Waals surface area contributed by atoms with Gasteiger partial charge in [-0.3, -0.25) is 9.69 Å². The molecule has 1 aliphatic carbocycles. The molecule has 166 valence electrons. The minimum absolute atomic E-state index is 0.0209. The highest BCUT2D eigenvalue weighted by Crippen LogP contribution is 2.50. The predicted molar refractivity (Wildman–Crippen MR) is 121 cm³/mol. The van der Waals surface area contributed by atoms with E-state index in [1.165, 1.54) is 7.11 Å². The first-order valence-electron chi connectivity index (χ1n) is 10.8. The minimum atomic E-state index is -0.725. The molecule has 4 rings (SSSR count). The summed E-state index contributed by atoms with van der Waals surface area (Å²) in [6, 6.07) is 12.2. The second kappa shape index (κ2) is 9.07. The molecule has 3 atom stereocenters. The molecule has 0 bridgehead atoms. The van der Waals surface area contributed by atoms with Gasteiger partial charge >= 0.3 is 0 Å². The number of hydrogen-bond donors (Lipinski definition) is 3. The van der Waals surface area contributed by atoms with Crippen molar-refractivity contribution in [2.24, 2.45) is 5.92 Å². The summed E-state index contributed by atoms with van der Waals surface area (Å²) < 4.78 is 5.32. The number of methoxy groups -OCH3 is 1. The molecule has 0 radical (unpaired) electrons. The summed E-state index contributed by atoms with van der Waals surface area (Å²) in [6.07, 6.45) is 4.42. The summed E-state index contributed by atoms with van der Waals surface area (Å²) >= 11 is 5.93. The fourth-order valence-electron chi connectivity index (χ4n) is 5.16. The zero-order valence-corrected chi connectivity index (χ0v) is 18.4. The van der Waals surface area contributed by atoms with Crippen LogP contribution in [0.2, 0.25) is 5.02 Å². The summed E-state index contributed by atoms with van der Waals surface area (Å²) in [5.74, 6) is 0.382. The number of piperidine rings is 1. The normalized spacial score (nSPS) is 26.2. The lowest BCUT2D eigenvalue weighted by Gasteiger charge is -2.52. The second-order valence-corrected chi connectivity index (χ2v) is 9.04. The first kappa shape index (κ1) is 21.9. The lowest BCUT2D eigenvalue weighted by Crippen LogP contribution is -2.56. The van der Waals surface area contributed by atoms with Crippen molar-refractivity contribution < 1.29 is 19.7 Å². The number of aromatic hydroxyl groups is 1. The zero-order chi connectivity index (χ0) is 22.0. The molecule has 6 nitrogen and oxygen atoms in total. The van der Waals surface area contributed by atoms with Crippen molar-refractivity contribution in [3.8, 4) is 11.5 Å². The van der Waals surface area contributed by atoms with Crippen molar-refractivity contribution in [3.05, 3.63) is 53.1 Å². The molecule has 31 heavy (non-hydrogen) atoms. The maximum absolute atomic E-state index is 12.8. The lowest BCUT2D eigenvalue weighted by molar-refractivity contribution is -0.135. The van der Waals surface area contributed by atoms with Crippen molar-refractivity contribution >= 4 is 23.2 Å². The molecule has 0 aromatic heterocycles. The van der Waals surface area contributed by atoms with Crippen LogP contribution in [0.4, 0.5) is 5.69 Å². The van der Waals surface area contributed by atoms with Crippen LogP contribution >= 0.6 is 11.6 Å². The summed E-state index contributed by atoms with van der Waals surface area (Å²) in [6.45, 7) is 0.831. The average molecular weight is 445 g/mol. The van der Waals surface area contributed by atoms with Gasteiger partial charge in [-0.15, -0.1) is 0 Å². The predicted octanol–water partition coefficient (Wildman–Crippen LogP) is 4.36. The number of halogens is 1. The number of anilines is 1. The molecule has 0 spiro atoms. The van der Waals surface area contributed by atoms with E-state index >= 15 is 0 Å². The van der Waals surface area contributed by atoms with Crippen molar-refractivity contribution in [1.29, 1.82) is 0 Å². The topological polar surface area (TPSA) is 82.0 Å². The number of hydrogen-bond acceptors (Lipinski definition) is 5. The summed E-state index contributed by atoms with van der Waals surface area (Å²) in [5, 5.41) is 25.0. The molecule has 1 aliphatic heterocycles. The number of aliphatic hydroxyl groups is 1. The molecule has 1 heterocycles. The van der Waals surface area contributed by atoms with E-state index in [0.717, 1.165) is 31.2 Å². The van der Waals surface area contributed by atoms with Crippen LogP contribution < -0.4 is 10.1 Å². The Morgan fingerprint density at radius 2 is 2.00 bits per heavy atom. The molecular formula is C24H29ClN2O4. The molecule has 2 aliphatic rings. The van der Waals surface area contributed by atoms with Crippen molar-refractivity contribution in [1.82, 2.24) is 4.90 Å². The van der Waals surface area contributed by atoms with Gasteiger partial charge in [-0.2, -0.15) is 0 Å². The number of fused-ring (bicyclic) bond motifs is 1. The second-order valence-electron chi connectivity index (χ2n) is 8.61. The van der Waals surface area contributed by atoms with Crippen LogP contribution in [-0.2, 0) is 4.79 Å². The first-order chi connectivity index (χ1) is 14.9. The summed E-state index contributed by atoms with van der Waals surface area (Å²) in [5.41, 5.74) is 0.916. The fourth-order valence-corrected chi connectivity index (χ4v) is 5.29. The Hall–Kier alpha value is -2.28. The third-order valence-electron chi connectivity index (χ3n) is 6.69. The van der Waals surface area contributed by atoms with E-state index < -0.39 is 5.60 Å². The smallest absolute Gasteiger partial charge is 0.238 e.